The third-order valence-electron chi connectivity index (χ3n) is 9.76. The van der Waals surface area contributed by atoms with Crippen molar-refractivity contribution in [3.05, 3.63) is 11.6 Å². The fourth-order valence-electron chi connectivity index (χ4n) is 8.92. The second-order valence-corrected chi connectivity index (χ2v) is 10.6. The van der Waals surface area contributed by atoms with Gasteiger partial charge < -0.3 is 4.74 Å². The molecule has 5 aliphatic carbocycles. The van der Waals surface area contributed by atoms with E-state index in [2.05, 4.69) is 13.8 Å². The standard InChI is InChI=1S/C23H30O3/c1-12-9-13-10-14(24)3-4-15(13)16-5-7-22(2)21(20(12)16)17-11-18(17)23(22)8-6-19(25)26-23/h10,12,15-18,20-21H,3-9,11H2,1-2H3/t12-,15?,16?,17?,18?,20?,21?,22?,23?/m0/s1. The van der Waals surface area contributed by atoms with Gasteiger partial charge in [0.15, 0.2) is 5.78 Å². The van der Waals surface area contributed by atoms with E-state index in [1.165, 1.54) is 24.8 Å². The van der Waals surface area contributed by atoms with Gasteiger partial charge in [0.1, 0.15) is 5.60 Å². The summed E-state index contributed by atoms with van der Waals surface area (Å²) in [6.07, 6.45) is 10.3. The van der Waals surface area contributed by atoms with Crippen LogP contribution in [0.15, 0.2) is 11.6 Å². The van der Waals surface area contributed by atoms with Crippen LogP contribution in [-0.2, 0) is 14.3 Å². The average molecular weight is 354 g/mol. The second-order valence-electron chi connectivity index (χ2n) is 10.6. The van der Waals surface area contributed by atoms with Gasteiger partial charge in [0.2, 0.25) is 0 Å². The maximum absolute atomic E-state index is 12.1. The molecule has 0 aromatic rings. The molecule has 3 nitrogen and oxygen atoms in total. The first kappa shape index (κ1) is 15.9. The van der Waals surface area contributed by atoms with Gasteiger partial charge in [0.05, 0.1) is 0 Å². The molecule has 26 heavy (non-hydrogen) atoms. The Morgan fingerprint density at radius 2 is 1.96 bits per heavy atom. The molecule has 1 saturated heterocycles. The molecule has 8 unspecified atom stereocenters. The van der Waals surface area contributed by atoms with Crippen molar-refractivity contribution in [3.63, 3.8) is 0 Å². The highest BCUT2D eigenvalue weighted by Gasteiger charge is 2.78. The van der Waals surface area contributed by atoms with Crippen molar-refractivity contribution in [1.82, 2.24) is 0 Å². The minimum absolute atomic E-state index is 0.0485. The molecule has 0 aromatic carbocycles. The van der Waals surface area contributed by atoms with Crippen LogP contribution in [0.25, 0.3) is 0 Å². The lowest BCUT2D eigenvalue weighted by Crippen LogP contribution is -2.56. The Labute approximate surface area is 155 Å². The van der Waals surface area contributed by atoms with Gasteiger partial charge in [0, 0.05) is 24.2 Å². The summed E-state index contributed by atoms with van der Waals surface area (Å²) in [7, 11) is 0. The van der Waals surface area contributed by atoms with E-state index < -0.39 is 0 Å². The summed E-state index contributed by atoms with van der Waals surface area (Å²) in [6, 6.07) is 0. The number of rotatable bonds is 0. The number of ketones is 1. The van der Waals surface area contributed by atoms with Crippen LogP contribution in [0.3, 0.4) is 0 Å². The third kappa shape index (κ3) is 1.72. The first-order valence-electron chi connectivity index (χ1n) is 10.9. The van der Waals surface area contributed by atoms with E-state index in [9.17, 15) is 9.59 Å². The van der Waals surface area contributed by atoms with Crippen LogP contribution in [-0.4, -0.2) is 17.4 Å². The number of esters is 1. The number of ether oxygens (including phenoxy) is 1. The first-order chi connectivity index (χ1) is 12.4. The van der Waals surface area contributed by atoms with Crippen LogP contribution in [0.2, 0.25) is 0 Å². The zero-order valence-corrected chi connectivity index (χ0v) is 16.0. The summed E-state index contributed by atoms with van der Waals surface area (Å²) in [4.78, 5) is 24.0. The van der Waals surface area contributed by atoms with Crippen LogP contribution in [0.5, 0.6) is 0 Å². The molecule has 0 amide bonds. The molecule has 1 heterocycles. The Kier molecular flexibility index (Phi) is 2.95. The lowest BCUT2D eigenvalue weighted by atomic mass is 9.47. The molecule has 4 saturated carbocycles. The smallest absolute Gasteiger partial charge is 0.306 e. The predicted octanol–water partition coefficient (Wildman–Crippen LogP) is 4.31. The van der Waals surface area contributed by atoms with Crippen molar-refractivity contribution < 1.29 is 14.3 Å². The normalized spacial score (nSPS) is 57.0. The van der Waals surface area contributed by atoms with E-state index in [1.54, 1.807) is 0 Å². The lowest BCUT2D eigenvalue weighted by Gasteiger charge is -2.58. The zero-order valence-electron chi connectivity index (χ0n) is 16.0. The number of hydrogen-bond acceptors (Lipinski definition) is 3. The highest BCUT2D eigenvalue weighted by atomic mass is 16.6. The highest BCUT2D eigenvalue weighted by Crippen LogP contribution is 2.78. The largest absolute Gasteiger partial charge is 0.458 e. The fraction of sp³-hybridized carbons (Fsp3) is 0.826. The van der Waals surface area contributed by atoms with Crippen molar-refractivity contribution >= 4 is 11.8 Å². The summed E-state index contributed by atoms with van der Waals surface area (Å²) >= 11 is 0. The highest BCUT2D eigenvalue weighted by molar-refractivity contribution is 5.91. The minimum atomic E-state index is -0.136. The van der Waals surface area contributed by atoms with E-state index in [-0.39, 0.29) is 17.0 Å². The van der Waals surface area contributed by atoms with Crippen LogP contribution in [0, 0.1) is 46.8 Å². The molecule has 6 aliphatic rings. The molecule has 5 fully saturated rings. The molecule has 3 heteroatoms. The van der Waals surface area contributed by atoms with Crippen LogP contribution >= 0.6 is 0 Å². The molecule has 6 rings (SSSR count). The van der Waals surface area contributed by atoms with Crippen LogP contribution in [0.1, 0.15) is 65.2 Å². The van der Waals surface area contributed by atoms with E-state index >= 15 is 0 Å². The van der Waals surface area contributed by atoms with Gasteiger partial charge in [-0.2, -0.15) is 0 Å². The first-order valence-corrected chi connectivity index (χ1v) is 10.9. The molecule has 0 bridgehead atoms. The molecule has 1 spiro atoms. The summed E-state index contributed by atoms with van der Waals surface area (Å²) in [5.74, 6) is 5.38. The molecule has 9 atom stereocenters. The topological polar surface area (TPSA) is 43.4 Å². The predicted molar refractivity (Wildman–Crippen MR) is 97.1 cm³/mol. The molecule has 140 valence electrons. The SMILES string of the molecule is C[C@H]1CC2=CC(=O)CCC2C2CCC3(C)C(C4CC4C34CCC(=O)O4)C21. The molecular weight excluding hydrogens is 324 g/mol. The van der Waals surface area contributed by atoms with Crippen molar-refractivity contribution in [1.29, 1.82) is 0 Å². The number of allylic oxidation sites excluding steroid dienone is 1. The molecule has 0 N–H and O–H groups in total. The zero-order chi connectivity index (χ0) is 17.8. The fourth-order valence-corrected chi connectivity index (χ4v) is 8.92. The molecule has 0 aromatic heterocycles. The Balaban J connectivity index is 1.40. The van der Waals surface area contributed by atoms with E-state index in [4.69, 9.17) is 4.74 Å². The Bertz CT molecular complexity index is 738. The monoisotopic (exact) mass is 354 g/mol. The Morgan fingerprint density at radius 3 is 2.73 bits per heavy atom. The molecular formula is C23H30O3. The quantitative estimate of drug-likeness (QED) is 0.609. The number of carbonyl (C=O) groups excluding carboxylic acids is 2. The Morgan fingerprint density at radius 1 is 1.12 bits per heavy atom. The van der Waals surface area contributed by atoms with Gasteiger partial charge in [-0.1, -0.05) is 19.4 Å². The lowest BCUT2D eigenvalue weighted by molar-refractivity contribution is -0.176. The summed E-state index contributed by atoms with van der Waals surface area (Å²) in [5.41, 5.74) is 1.52. The van der Waals surface area contributed by atoms with Crippen molar-refractivity contribution in [3.8, 4) is 0 Å². The van der Waals surface area contributed by atoms with Gasteiger partial charge in [-0.15, -0.1) is 0 Å². The van der Waals surface area contributed by atoms with Crippen molar-refractivity contribution in [2.24, 2.45) is 46.8 Å². The third-order valence-corrected chi connectivity index (χ3v) is 9.76. The van der Waals surface area contributed by atoms with Crippen LogP contribution in [0.4, 0.5) is 0 Å². The summed E-state index contributed by atoms with van der Waals surface area (Å²) in [6.45, 7) is 4.91. The Hall–Kier alpha value is -1.12. The summed E-state index contributed by atoms with van der Waals surface area (Å²) < 4.78 is 6.18. The van der Waals surface area contributed by atoms with Gasteiger partial charge >= 0.3 is 5.97 Å². The van der Waals surface area contributed by atoms with E-state index in [1.807, 2.05) is 6.08 Å². The average Bonchev–Trinajstić information content (AvgIpc) is 3.24. The number of hydrogen-bond donors (Lipinski definition) is 0. The summed E-state index contributed by atoms with van der Waals surface area (Å²) in [5, 5.41) is 0. The number of carbonyl (C=O) groups is 2. The maximum Gasteiger partial charge on any atom is 0.306 e. The maximum atomic E-state index is 12.1. The minimum Gasteiger partial charge on any atom is -0.458 e. The van der Waals surface area contributed by atoms with Gasteiger partial charge in [0.25, 0.3) is 0 Å². The molecule has 1 aliphatic heterocycles. The van der Waals surface area contributed by atoms with Crippen molar-refractivity contribution in [2.75, 3.05) is 0 Å². The number of fused-ring (bicyclic) bond motifs is 9. The van der Waals surface area contributed by atoms with Gasteiger partial charge in [-0.3, -0.25) is 9.59 Å². The van der Waals surface area contributed by atoms with E-state index in [0.29, 0.717) is 30.0 Å². The van der Waals surface area contributed by atoms with Gasteiger partial charge in [-0.25, -0.2) is 0 Å². The van der Waals surface area contributed by atoms with E-state index in [0.717, 1.165) is 49.4 Å². The molecule has 0 radical (unpaired) electrons. The van der Waals surface area contributed by atoms with Crippen molar-refractivity contribution in [2.45, 2.75) is 70.8 Å². The second kappa shape index (κ2) is 4.83. The van der Waals surface area contributed by atoms with Gasteiger partial charge in [-0.05, 0) is 80.1 Å². The van der Waals surface area contributed by atoms with Crippen LogP contribution < -0.4 is 0 Å².